The monoisotopic (exact) mass is 262 g/mol. The second-order valence-electron chi connectivity index (χ2n) is 6.10. The molecule has 16 heavy (non-hydrogen) atoms. The predicted molar refractivity (Wildman–Crippen MR) is 74.8 cm³/mol. The third-order valence-corrected chi connectivity index (χ3v) is 11.6. The van der Waals surface area contributed by atoms with Gasteiger partial charge in [-0.3, -0.25) is 0 Å². The molecule has 2 aliphatic rings. The van der Waals surface area contributed by atoms with Crippen LogP contribution in [0.15, 0.2) is 0 Å². The molecule has 0 radical (unpaired) electrons. The van der Waals surface area contributed by atoms with Crippen LogP contribution in [0, 0.1) is 0 Å². The Morgan fingerprint density at radius 1 is 0.875 bits per heavy atom. The van der Waals surface area contributed by atoms with Crippen LogP contribution in [-0.2, 0) is 4.74 Å². The highest BCUT2D eigenvalue weighted by molar-refractivity contribution is 7.21. The fraction of sp³-hybridized carbons (Fsp3) is 1.00. The molecular formula is C13H27ClOSi. The summed E-state index contributed by atoms with van der Waals surface area (Å²) in [4.78, 5) is 0. The van der Waals surface area contributed by atoms with Gasteiger partial charge >= 0.3 is 0 Å². The number of halogens is 1. The fourth-order valence-electron chi connectivity index (χ4n) is 2.37. The molecule has 2 heterocycles. The first-order valence-corrected chi connectivity index (χ1v) is 10.1. The van der Waals surface area contributed by atoms with Crippen molar-refractivity contribution in [3.8, 4) is 0 Å². The average Bonchev–Trinajstić information content (AvgIpc) is 2.75. The third kappa shape index (κ3) is 4.38. The van der Waals surface area contributed by atoms with Crippen LogP contribution in [0.4, 0.5) is 0 Å². The number of hydrogen-bond acceptors (Lipinski definition) is 1. The quantitative estimate of drug-likeness (QED) is 0.443. The molecule has 0 aromatic rings. The molecule has 0 saturated carbocycles. The Hall–Kier alpha value is 0.467. The Bertz CT molecular complexity index is 183. The molecule has 0 aliphatic carbocycles. The molecule has 0 amide bonds. The van der Waals surface area contributed by atoms with Crippen LogP contribution in [0.25, 0.3) is 0 Å². The van der Waals surface area contributed by atoms with Crippen LogP contribution < -0.4 is 0 Å². The SMILES string of the molecule is C1CCOC1.CC(C)(C)[Si]1(Cl)CCCCC1. The van der Waals surface area contributed by atoms with Crippen LogP contribution in [0.3, 0.4) is 0 Å². The van der Waals surface area contributed by atoms with Gasteiger partial charge in [0.25, 0.3) is 0 Å². The zero-order valence-electron chi connectivity index (χ0n) is 11.2. The Kier molecular flexibility index (Phi) is 5.82. The van der Waals surface area contributed by atoms with Gasteiger partial charge in [0, 0.05) is 13.2 Å². The maximum Gasteiger partial charge on any atom is 0.161 e. The van der Waals surface area contributed by atoms with E-state index >= 15 is 0 Å². The minimum atomic E-state index is -1.37. The molecule has 0 unspecified atom stereocenters. The topological polar surface area (TPSA) is 9.23 Å². The van der Waals surface area contributed by atoms with Crippen molar-refractivity contribution in [3.63, 3.8) is 0 Å². The third-order valence-electron chi connectivity index (χ3n) is 3.82. The lowest BCUT2D eigenvalue weighted by molar-refractivity contribution is 0.198. The van der Waals surface area contributed by atoms with E-state index in [0.717, 1.165) is 13.2 Å². The maximum absolute atomic E-state index is 6.69. The smallest absolute Gasteiger partial charge is 0.161 e. The van der Waals surface area contributed by atoms with Crippen molar-refractivity contribution in [2.24, 2.45) is 0 Å². The highest BCUT2D eigenvalue weighted by atomic mass is 35.6. The highest BCUT2D eigenvalue weighted by Crippen LogP contribution is 2.48. The minimum Gasteiger partial charge on any atom is -0.381 e. The van der Waals surface area contributed by atoms with Gasteiger partial charge < -0.3 is 4.74 Å². The molecule has 2 aliphatic heterocycles. The molecule has 0 N–H and O–H groups in total. The molecule has 0 aromatic carbocycles. The Morgan fingerprint density at radius 2 is 1.38 bits per heavy atom. The number of rotatable bonds is 0. The van der Waals surface area contributed by atoms with Gasteiger partial charge in [-0.05, 0) is 30.0 Å². The van der Waals surface area contributed by atoms with Crippen molar-refractivity contribution in [2.45, 2.75) is 70.0 Å². The molecule has 3 heteroatoms. The van der Waals surface area contributed by atoms with Gasteiger partial charge in [0.1, 0.15) is 0 Å². The average molecular weight is 263 g/mol. The van der Waals surface area contributed by atoms with Crippen molar-refractivity contribution < 1.29 is 4.74 Å². The van der Waals surface area contributed by atoms with E-state index in [-0.39, 0.29) is 0 Å². The Labute approximate surface area is 107 Å². The van der Waals surface area contributed by atoms with Crippen molar-refractivity contribution >= 4 is 18.5 Å². The summed E-state index contributed by atoms with van der Waals surface area (Å²) < 4.78 is 4.94. The first-order valence-electron chi connectivity index (χ1n) is 6.72. The first kappa shape index (κ1) is 14.5. The van der Waals surface area contributed by atoms with Crippen LogP contribution >= 0.6 is 11.1 Å². The Balaban J connectivity index is 0.000000212. The number of hydrogen-bond donors (Lipinski definition) is 0. The summed E-state index contributed by atoms with van der Waals surface area (Å²) in [6.45, 7) is 8.95. The lowest BCUT2D eigenvalue weighted by Crippen LogP contribution is -2.39. The molecular weight excluding hydrogens is 236 g/mol. The standard InChI is InChI=1S/C9H19ClSi.C4H8O/c1-9(2,3)11(10)7-5-4-6-8-11;1-2-4-5-3-1/h4-8H2,1-3H3;1-4H2. The molecule has 96 valence electrons. The Morgan fingerprint density at radius 3 is 1.62 bits per heavy atom. The van der Waals surface area contributed by atoms with E-state index in [1.165, 1.54) is 44.2 Å². The van der Waals surface area contributed by atoms with E-state index in [2.05, 4.69) is 20.8 Å². The van der Waals surface area contributed by atoms with Crippen molar-refractivity contribution in [3.05, 3.63) is 0 Å². The largest absolute Gasteiger partial charge is 0.381 e. The van der Waals surface area contributed by atoms with E-state index in [4.69, 9.17) is 15.8 Å². The lowest BCUT2D eigenvalue weighted by atomic mass is 10.2. The van der Waals surface area contributed by atoms with Crippen LogP contribution in [0.2, 0.25) is 17.1 Å². The normalized spacial score (nSPS) is 24.8. The van der Waals surface area contributed by atoms with Crippen molar-refractivity contribution in [2.75, 3.05) is 13.2 Å². The number of ether oxygens (including phenoxy) is 1. The van der Waals surface area contributed by atoms with Gasteiger partial charge in [0.15, 0.2) is 7.38 Å². The van der Waals surface area contributed by atoms with Crippen molar-refractivity contribution in [1.29, 1.82) is 0 Å². The zero-order valence-corrected chi connectivity index (χ0v) is 12.9. The summed E-state index contributed by atoms with van der Waals surface area (Å²) in [5.74, 6) is 0. The van der Waals surface area contributed by atoms with E-state index < -0.39 is 7.38 Å². The van der Waals surface area contributed by atoms with Crippen LogP contribution in [-0.4, -0.2) is 20.6 Å². The lowest BCUT2D eigenvalue weighted by Gasteiger charge is -2.40. The summed E-state index contributed by atoms with van der Waals surface area (Å²) in [5.41, 5.74) is 0. The van der Waals surface area contributed by atoms with E-state index in [1.54, 1.807) is 0 Å². The summed E-state index contributed by atoms with van der Waals surface area (Å²) in [6.07, 6.45) is 6.73. The molecule has 2 saturated heterocycles. The second kappa shape index (κ2) is 6.41. The summed E-state index contributed by atoms with van der Waals surface area (Å²) in [7, 11) is -1.37. The van der Waals surface area contributed by atoms with E-state index in [0.29, 0.717) is 5.04 Å². The van der Waals surface area contributed by atoms with E-state index in [9.17, 15) is 0 Å². The maximum atomic E-state index is 6.69. The van der Waals surface area contributed by atoms with Crippen LogP contribution in [0.5, 0.6) is 0 Å². The van der Waals surface area contributed by atoms with Gasteiger partial charge in [0.05, 0.1) is 0 Å². The fourth-order valence-corrected chi connectivity index (χ4v) is 6.55. The summed E-state index contributed by atoms with van der Waals surface area (Å²) >= 11 is 6.69. The predicted octanol–water partition coefficient (Wildman–Crippen LogP) is 4.95. The molecule has 0 bridgehead atoms. The van der Waals surface area contributed by atoms with Crippen molar-refractivity contribution in [1.82, 2.24) is 0 Å². The molecule has 2 rings (SSSR count). The first-order chi connectivity index (χ1) is 7.46. The molecule has 0 aromatic heterocycles. The minimum absolute atomic E-state index is 0.412. The summed E-state index contributed by atoms with van der Waals surface area (Å²) in [6, 6.07) is 2.69. The summed E-state index contributed by atoms with van der Waals surface area (Å²) in [5, 5.41) is 0.412. The molecule has 0 atom stereocenters. The van der Waals surface area contributed by atoms with E-state index in [1.807, 2.05) is 0 Å². The molecule has 2 fully saturated rings. The van der Waals surface area contributed by atoms with Gasteiger partial charge in [-0.25, -0.2) is 0 Å². The van der Waals surface area contributed by atoms with Gasteiger partial charge in [0.2, 0.25) is 0 Å². The second-order valence-corrected chi connectivity index (χ2v) is 12.7. The van der Waals surface area contributed by atoms with Gasteiger partial charge in [-0.15, -0.1) is 0 Å². The molecule has 0 spiro atoms. The highest BCUT2D eigenvalue weighted by Gasteiger charge is 2.43. The zero-order chi connectivity index (χ0) is 12.1. The molecule has 1 nitrogen and oxygen atoms in total. The van der Waals surface area contributed by atoms with Gasteiger partial charge in [-0.1, -0.05) is 40.0 Å². The van der Waals surface area contributed by atoms with Gasteiger partial charge in [-0.2, -0.15) is 11.1 Å². The van der Waals surface area contributed by atoms with Crippen LogP contribution in [0.1, 0.15) is 52.9 Å².